The van der Waals surface area contributed by atoms with E-state index in [-0.39, 0.29) is 5.91 Å². The third-order valence-electron chi connectivity index (χ3n) is 5.06. The van der Waals surface area contributed by atoms with Gasteiger partial charge in [-0.2, -0.15) is 0 Å². The molecule has 132 valence electrons. The largest absolute Gasteiger partial charge is 0.321 e. The molecule has 0 aliphatic heterocycles. The number of aromatic nitrogens is 1. The highest BCUT2D eigenvalue weighted by molar-refractivity contribution is 7.21. The number of hydrogen-bond acceptors (Lipinski definition) is 3. The summed E-state index contributed by atoms with van der Waals surface area (Å²) in [5, 5.41) is 4.01. The van der Waals surface area contributed by atoms with Crippen LogP contribution in [0.15, 0.2) is 66.7 Å². The van der Waals surface area contributed by atoms with Gasteiger partial charge in [0.2, 0.25) is 0 Å². The van der Waals surface area contributed by atoms with E-state index < -0.39 is 0 Å². The second kappa shape index (κ2) is 6.63. The number of aryl methyl sites for hydroxylation is 2. The van der Waals surface area contributed by atoms with E-state index in [9.17, 15) is 4.79 Å². The maximum atomic E-state index is 12.8. The van der Waals surface area contributed by atoms with Crippen molar-refractivity contribution in [2.45, 2.75) is 19.3 Å². The molecule has 1 amide bonds. The van der Waals surface area contributed by atoms with Crippen LogP contribution in [-0.4, -0.2) is 10.9 Å². The average Bonchev–Trinajstić information content (AvgIpc) is 3.34. The first-order chi connectivity index (χ1) is 13.3. The molecule has 4 aromatic rings. The van der Waals surface area contributed by atoms with E-state index in [1.165, 1.54) is 17.5 Å². The highest BCUT2D eigenvalue weighted by Gasteiger charge is 2.16. The Bertz CT molecular complexity index is 1130. The van der Waals surface area contributed by atoms with Crippen LogP contribution in [0.5, 0.6) is 0 Å². The van der Waals surface area contributed by atoms with Gasteiger partial charge in [0.05, 0.1) is 15.9 Å². The number of rotatable bonds is 3. The van der Waals surface area contributed by atoms with Crippen molar-refractivity contribution < 1.29 is 4.79 Å². The van der Waals surface area contributed by atoms with Gasteiger partial charge in [0.1, 0.15) is 5.01 Å². The lowest BCUT2D eigenvalue weighted by atomic mass is 10.1. The summed E-state index contributed by atoms with van der Waals surface area (Å²) in [6.07, 6.45) is 3.37. The van der Waals surface area contributed by atoms with Crippen molar-refractivity contribution in [2.75, 3.05) is 5.32 Å². The van der Waals surface area contributed by atoms with Gasteiger partial charge in [0.25, 0.3) is 5.91 Å². The summed E-state index contributed by atoms with van der Waals surface area (Å²) in [5.74, 6) is -0.0711. The zero-order valence-corrected chi connectivity index (χ0v) is 15.6. The van der Waals surface area contributed by atoms with Crippen molar-refractivity contribution in [3.05, 3.63) is 83.4 Å². The minimum Gasteiger partial charge on any atom is -0.321 e. The zero-order chi connectivity index (χ0) is 18.2. The molecule has 1 aliphatic rings. The number of carbonyl (C=O) groups is 1. The minimum atomic E-state index is -0.0711. The van der Waals surface area contributed by atoms with Crippen molar-refractivity contribution in [1.29, 1.82) is 0 Å². The molecule has 3 nitrogen and oxygen atoms in total. The maximum Gasteiger partial charge on any atom is 0.255 e. The Labute approximate surface area is 161 Å². The number of benzene rings is 3. The van der Waals surface area contributed by atoms with Crippen molar-refractivity contribution in [2.24, 2.45) is 0 Å². The molecule has 5 rings (SSSR count). The Morgan fingerprint density at radius 2 is 1.74 bits per heavy atom. The third kappa shape index (κ3) is 3.02. The van der Waals surface area contributed by atoms with Crippen LogP contribution in [0.25, 0.3) is 20.8 Å². The topological polar surface area (TPSA) is 42.0 Å². The Balaban J connectivity index is 1.48. The Morgan fingerprint density at radius 3 is 2.67 bits per heavy atom. The first-order valence-electron chi connectivity index (χ1n) is 9.16. The first kappa shape index (κ1) is 16.2. The second-order valence-electron chi connectivity index (χ2n) is 6.82. The van der Waals surface area contributed by atoms with Crippen LogP contribution in [0.3, 0.4) is 0 Å². The van der Waals surface area contributed by atoms with Crippen LogP contribution in [-0.2, 0) is 12.8 Å². The highest BCUT2D eigenvalue weighted by atomic mass is 32.1. The number of thiazole rings is 1. The molecule has 1 aliphatic carbocycles. The van der Waals surface area contributed by atoms with Crippen molar-refractivity contribution in [1.82, 2.24) is 4.98 Å². The van der Waals surface area contributed by atoms with E-state index in [1.54, 1.807) is 11.3 Å². The molecule has 0 spiro atoms. The Hall–Kier alpha value is -2.98. The summed E-state index contributed by atoms with van der Waals surface area (Å²) in [7, 11) is 0. The molecule has 0 atom stereocenters. The first-order valence-corrected chi connectivity index (χ1v) is 9.98. The molecule has 0 bridgehead atoms. The van der Waals surface area contributed by atoms with Crippen LogP contribution in [0.4, 0.5) is 5.69 Å². The number of fused-ring (bicyclic) bond motifs is 2. The summed E-state index contributed by atoms with van der Waals surface area (Å²) in [4.78, 5) is 17.6. The fraction of sp³-hybridized carbons (Fsp3) is 0.130. The lowest BCUT2D eigenvalue weighted by Gasteiger charge is -2.10. The number of amides is 1. The van der Waals surface area contributed by atoms with E-state index in [2.05, 4.69) is 17.4 Å². The SMILES string of the molecule is O=C(Nc1ccccc1-c1nc2ccccc2s1)c1ccc2c(c1)CCC2. The predicted molar refractivity (Wildman–Crippen MR) is 111 cm³/mol. The smallest absolute Gasteiger partial charge is 0.255 e. The summed E-state index contributed by atoms with van der Waals surface area (Å²) >= 11 is 1.64. The Kier molecular flexibility index (Phi) is 3.98. The second-order valence-corrected chi connectivity index (χ2v) is 7.85. The zero-order valence-electron chi connectivity index (χ0n) is 14.7. The van der Waals surface area contributed by atoms with Gasteiger partial charge in [-0.15, -0.1) is 11.3 Å². The van der Waals surface area contributed by atoms with Gasteiger partial charge in [-0.1, -0.05) is 30.3 Å². The molecule has 1 heterocycles. The van der Waals surface area contributed by atoms with Crippen LogP contribution in [0.1, 0.15) is 27.9 Å². The number of hydrogen-bond donors (Lipinski definition) is 1. The molecular formula is C23H18N2OS. The normalized spacial score (nSPS) is 12.9. The molecule has 0 radical (unpaired) electrons. The number of para-hydroxylation sites is 2. The van der Waals surface area contributed by atoms with Crippen molar-refractivity contribution in [3.8, 4) is 10.6 Å². The number of nitrogens with one attached hydrogen (secondary N) is 1. The van der Waals surface area contributed by atoms with Crippen molar-refractivity contribution >= 4 is 33.1 Å². The van der Waals surface area contributed by atoms with Crippen LogP contribution in [0.2, 0.25) is 0 Å². The lowest BCUT2D eigenvalue weighted by Crippen LogP contribution is -2.13. The van der Waals surface area contributed by atoms with Crippen LogP contribution >= 0.6 is 11.3 Å². The van der Waals surface area contributed by atoms with Crippen LogP contribution in [0, 0.1) is 0 Å². The van der Waals surface area contributed by atoms with E-state index in [0.717, 1.165) is 44.9 Å². The summed E-state index contributed by atoms with van der Waals surface area (Å²) in [5.41, 5.74) is 6.13. The number of anilines is 1. The standard InChI is InChI=1S/C23H18N2OS/c26-22(17-13-12-15-6-5-7-16(15)14-17)24-19-9-2-1-8-18(19)23-25-20-10-3-4-11-21(20)27-23/h1-4,8-14H,5-7H2,(H,24,26). The Morgan fingerprint density at radius 1 is 0.926 bits per heavy atom. The van der Waals surface area contributed by atoms with Gasteiger partial charge in [-0.05, 0) is 66.8 Å². The average molecular weight is 370 g/mol. The molecule has 0 unspecified atom stereocenters. The molecule has 0 saturated carbocycles. The van der Waals surface area contributed by atoms with Gasteiger partial charge in [-0.3, -0.25) is 4.79 Å². The molecule has 1 aromatic heterocycles. The third-order valence-corrected chi connectivity index (χ3v) is 6.13. The quantitative estimate of drug-likeness (QED) is 0.502. The van der Waals surface area contributed by atoms with E-state index in [1.807, 2.05) is 54.6 Å². The predicted octanol–water partition coefficient (Wildman–Crippen LogP) is 5.70. The van der Waals surface area contributed by atoms with Crippen molar-refractivity contribution in [3.63, 3.8) is 0 Å². The lowest BCUT2D eigenvalue weighted by molar-refractivity contribution is 0.102. The minimum absolute atomic E-state index is 0.0711. The van der Waals surface area contributed by atoms with Gasteiger partial charge >= 0.3 is 0 Å². The molecule has 4 heteroatoms. The summed E-state index contributed by atoms with van der Waals surface area (Å²) in [6.45, 7) is 0. The van der Waals surface area contributed by atoms with Gasteiger partial charge < -0.3 is 5.32 Å². The molecule has 0 saturated heterocycles. The van der Waals surface area contributed by atoms with E-state index in [0.29, 0.717) is 0 Å². The van der Waals surface area contributed by atoms with Gasteiger partial charge in [-0.25, -0.2) is 4.98 Å². The fourth-order valence-electron chi connectivity index (χ4n) is 3.67. The monoisotopic (exact) mass is 370 g/mol. The van der Waals surface area contributed by atoms with E-state index >= 15 is 0 Å². The van der Waals surface area contributed by atoms with Crippen LogP contribution < -0.4 is 5.32 Å². The van der Waals surface area contributed by atoms with Gasteiger partial charge in [0.15, 0.2) is 0 Å². The summed E-state index contributed by atoms with van der Waals surface area (Å²) < 4.78 is 1.15. The highest BCUT2D eigenvalue weighted by Crippen LogP contribution is 2.34. The fourth-order valence-corrected chi connectivity index (χ4v) is 4.68. The van der Waals surface area contributed by atoms with E-state index in [4.69, 9.17) is 4.98 Å². The van der Waals surface area contributed by atoms with Gasteiger partial charge in [0, 0.05) is 11.1 Å². The molecule has 27 heavy (non-hydrogen) atoms. The summed E-state index contributed by atoms with van der Waals surface area (Å²) in [6, 6.07) is 22.0. The molecule has 3 aromatic carbocycles. The number of nitrogens with zero attached hydrogens (tertiary/aromatic N) is 1. The molecular weight excluding hydrogens is 352 g/mol. The number of carbonyl (C=O) groups excluding carboxylic acids is 1. The molecule has 0 fully saturated rings. The maximum absolute atomic E-state index is 12.8. The molecule has 1 N–H and O–H groups in total.